The first-order valence-corrected chi connectivity index (χ1v) is 10.7. The molecule has 1 atom stereocenters. The summed E-state index contributed by atoms with van der Waals surface area (Å²) in [6.07, 6.45) is 13.7. The molecule has 144 valence electrons. The monoisotopic (exact) mass is 368 g/mol. The van der Waals surface area contributed by atoms with Crippen molar-refractivity contribution in [2.24, 2.45) is 0 Å². The first-order chi connectivity index (χ1) is 12.1. The van der Waals surface area contributed by atoms with Gasteiger partial charge in [0, 0.05) is 10.6 Å². The van der Waals surface area contributed by atoms with Crippen LogP contribution in [0.3, 0.4) is 0 Å². The first kappa shape index (κ1) is 22.5. The number of unbranched alkanes of at least 4 members (excludes halogenated alkanes) is 9. The summed E-state index contributed by atoms with van der Waals surface area (Å²) in [7, 11) is 2.26. The number of rotatable bonds is 15. The molecule has 1 unspecified atom stereocenters. The molecule has 0 saturated carbocycles. The van der Waals surface area contributed by atoms with E-state index in [4.69, 9.17) is 11.6 Å². The third-order valence-corrected chi connectivity index (χ3v) is 5.42. The Morgan fingerprint density at radius 2 is 1.32 bits per heavy atom. The molecule has 1 aromatic carbocycles. The van der Waals surface area contributed by atoms with Crippen LogP contribution in [0.2, 0.25) is 5.02 Å². The predicted octanol–water partition coefficient (Wildman–Crippen LogP) is 6.20. The lowest BCUT2D eigenvalue weighted by atomic mass is 10.1. The van der Waals surface area contributed by atoms with Gasteiger partial charge in [-0.05, 0) is 25.0 Å². The Morgan fingerprint density at radius 1 is 0.800 bits per heavy atom. The highest BCUT2D eigenvalue weighted by atomic mass is 35.5. The Hall–Kier alpha value is -0.570. The lowest BCUT2D eigenvalue weighted by Crippen LogP contribution is -2.46. The summed E-state index contributed by atoms with van der Waals surface area (Å²) in [4.78, 5) is 0. The summed E-state index contributed by atoms with van der Waals surface area (Å²) < 4.78 is 0.912. The second-order valence-electron chi connectivity index (χ2n) is 7.76. The second kappa shape index (κ2) is 13.6. The van der Waals surface area contributed by atoms with Crippen molar-refractivity contribution in [3.05, 3.63) is 34.9 Å². The molecule has 2 nitrogen and oxygen atoms in total. The Morgan fingerprint density at radius 3 is 1.84 bits per heavy atom. The minimum absolute atomic E-state index is 0.252. The molecule has 0 aliphatic heterocycles. The molecule has 1 aromatic rings. The lowest BCUT2D eigenvalue weighted by Gasteiger charge is -2.34. The van der Waals surface area contributed by atoms with E-state index in [2.05, 4.69) is 26.1 Å². The van der Waals surface area contributed by atoms with E-state index in [1.807, 2.05) is 12.1 Å². The fourth-order valence-corrected chi connectivity index (χ4v) is 3.65. The summed E-state index contributed by atoms with van der Waals surface area (Å²) in [6, 6.07) is 8.13. The van der Waals surface area contributed by atoms with Crippen LogP contribution in [0, 0.1) is 0 Å². The first-order valence-electron chi connectivity index (χ1n) is 10.3. The van der Waals surface area contributed by atoms with E-state index in [0.717, 1.165) is 29.1 Å². The van der Waals surface area contributed by atoms with Gasteiger partial charge in [0.1, 0.15) is 13.1 Å². The number of hydrogen-bond donors (Lipinski definition) is 1. The van der Waals surface area contributed by atoms with Crippen molar-refractivity contribution in [3.63, 3.8) is 0 Å². The molecule has 0 amide bonds. The van der Waals surface area contributed by atoms with E-state index in [1.165, 1.54) is 69.8 Å². The highest BCUT2D eigenvalue weighted by molar-refractivity contribution is 6.30. The average Bonchev–Trinajstić information content (AvgIpc) is 2.59. The molecule has 1 N–H and O–H groups in total. The number of hydrogen-bond acceptors (Lipinski definition) is 1. The van der Waals surface area contributed by atoms with Gasteiger partial charge in [-0.3, -0.25) is 0 Å². The molecule has 0 aromatic heterocycles. The topological polar surface area (TPSA) is 20.2 Å². The zero-order chi connectivity index (χ0) is 18.4. The Balaban J connectivity index is 2.20. The van der Waals surface area contributed by atoms with Gasteiger partial charge in [0.05, 0.1) is 20.2 Å². The molecule has 0 aliphatic rings. The largest absolute Gasteiger partial charge is 0.391 e. The summed E-state index contributed by atoms with van der Waals surface area (Å²) >= 11 is 5.98. The van der Waals surface area contributed by atoms with Gasteiger partial charge in [-0.2, -0.15) is 0 Å². The minimum atomic E-state index is 0.252. The van der Waals surface area contributed by atoms with Gasteiger partial charge < -0.3 is 9.59 Å². The van der Waals surface area contributed by atoms with Gasteiger partial charge in [-0.1, -0.05) is 82.0 Å². The third kappa shape index (κ3) is 10.9. The van der Waals surface area contributed by atoms with E-state index in [-0.39, 0.29) is 6.61 Å². The lowest BCUT2D eigenvalue weighted by molar-refractivity contribution is -0.923. The van der Waals surface area contributed by atoms with Crippen LogP contribution in [0.15, 0.2) is 24.3 Å². The number of halogens is 1. The Labute approximate surface area is 160 Å². The van der Waals surface area contributed by atoms with Crippen molar-refractivity contribution in [2.75, 3.05) is 26.7 Å². The van der Waals surface area contributed by atoms with Crippen molar-refractivity contribution in [1.29, 1.82) is 0 Å². The van der Waals surface area contributed by atoms with Crippen molar-refractivity contribution >= 4 is 11.6 Å². The van der Waals surface area contributed by atoms with Crippen LogP contribution >= 0.6 is 11.6 Å². The van der Waals surface area contributed by atoms with E-state index in [1.54, 1.807) is 0 Å². The van der Waals surface area contributed by atoms with Crippen LogP contribution < -0.4 is 0 Å². The van der Waals surface area contributed by atoms with Crippen LogP contribution in [-0.2, 0) is 6.54 Å². The van der Waals surface area contributed by atoms with E-state index in [9.17, 15) is 5.11 Å². The fourth-order valence-electron chi connectivity index (χ4n) is 3.52. The van der Waals surface area contributed by atoms with Crippen molar-refractivity contribution in [3.8, 4) is 0 Å². The molecule has 3 heteroatoms. The maximum absolute atomic E-state index is 9.45. The predicted molar refractivity (Wildman–Crippen MR) is 110 cm³/mol. The number of nitrogens with zero attached hydrogens (tertiary/aromatic N) is 1. The molecule has 0 fully saturated rings. The maximum atomic E-state index is 9.45. The van der Waals surface area contributed by atoms with Gasteiger partial charge in [0.25, 0.3) is 0 Å². The number of aliphatic hydroxyl groups excluding tert-OH is 1. The highest BCUT2D eigenvalue weighted by Crippen LogP contribution is 2.17. The molecule has 0 heterocycles. The molecule has 1 rings (SSSR count). The van der Waals surface area contributed by atoms with Gasteiger partial charge >= 0.3 is 0 Å². The van der Waals surface area contributed by atoms with Gasteiger partial charge in [0.15, 0.2) is 0 Å². The highest BCUT2D eigenvalue weighted by Gasteiger charge is 2.21. The molecule has 0 radical (unpaired) electrons. The summed E-state index contributed by atoms with van der Waals surface area (Å²) in [5, 5.41) is 10.2. The normalized spacial score (nSPS) is 13.8. The molecular formula is C22H39ClNO+. The SMILES string of the molecule is CCCCCCCCCCCC[N+](C)(CCO)Cc1ccc(Cl)cc1. The van der Waals surface area contributed by atoms with Crippen molar-refractivity contribution in [1.82, 2.24) is 0 Å². The third-order valence-electron chi connectivity index (χ3n) is 5.17. The molecule has 0 spiro atoms. The quantitative estimate of drug-likeness (QED) is 0.288. The number of likely N-dealkylation sites (N-methyl/N-ethyl adjacent to an activating group) is 1. The van der Waals surface area contributed by atoms with E-state index >= 15 is 0 Å². The minimum Gasteiger partial charge on any atom is -0.391 e. The molecule has 0 saturated heterocycles. The second-order valence-corrected chi connectivity index (χ2v) is 8.19. The standard InChI is InChI=1S/C22H39ClNO/c1-3-4-5-6-7-8-9-10-11-12-17-24(2,18-19-25)20-21-13-15-22(23)16-14-21/h13-16,25H,3-12,17-20H2,1-2H3/q+1. The number of aliphatic hydroxyl groups is 1. The maximum Gasteiger partial charge on any atom is 0.104 e. The summed E-state index contributed by atoms with van der Waals surface area (Å²) in [6.45, 7) is 5.45. The number of quaternary nitrogens is 1. The van der Waals surface area contributed by atoms with E-state index < -0.39 is 0 Å². The van der Waals surface area contributed by atoms with Gasteiger partial charge in [-0.15, -0.1) is 0 Å². The molecule has 0 bridgehead atoms. The zero-order valence-corrected chi connectivity index (χ0v) is 17.2. The van der Waals surface area contributed by atoms with Crippen LogP contribution in [0.4, 0.5) is 0 Å². The molecule has 25 heavy (non-hydrogen) atoms. The molecule has 0 aliphatic carbocycles. The Bertz CT molecular complexity index is 434. The smallest absolute Gasteiger partial charge is 0.104 e. The van der Waals surface area contributed by atoms with Crippen LogP contribution in [0.1, 0.15) is 76.7 Å². The molecular weight excluding hydrogens is 330 g/mol. The van der Waals surface area contributed by atoms with E-state index in [0.29, 0.717) is 0 Å². The summed E-state index contributed by atoms with van der Waals surface area (Å²) in [5.74, 6) is 0. The van der Waals surface area contributed by atoms with Crippen LogP contribution in [0.5, 0.6) is 0 Å². The van der Waals surface area contributed by atoms with Crippen LogP contribution in [-0.4, -0.2) is 36.3 Å². The van der Waals surface area contributed by atoms with Crippen molar-refractivity contribution < 1.29 is 9.59 Å². The van der Waals surface area contributed by atoms with Crippen LogP contribution in [0.25, 0.3) is 0 Å². The van der Waals surface area contributed by atoms with Gasteiger partial charge in [0.2, 0.25) is 0 Å². The Kier molecular flexibility index (Phi) is 12.2. The summed E-state index contributed by atoms with van der Waals surface area (Å²) in [5.41, 5.74) is 1.30. The fraction of sp³-hybridized carbons (Fsp3) is 0.727. The van der Waals surface area contributed by atoms with Crippen molar-refractivity contribution in [2.45, 2.75) is 77.7 Å². The van der Waals surface area contributed by atoms with Gasteiger partial charge in [-0.25, -0.2) is 0 Å². The number of benzene rings is 1. The average molecular weight is 369 g/mol. The zero-order valence-electron chi connectivity index (χ0n) is 16.5.